The van der Waals surface area contributed by atoms with Gasteiger partial charge in [0.2, 0.25) is 11.7 Å². The van der Waals surface area contributed by atoms with Crippen LogP contribution in [0.15, 0.2) is 30.3 Å². The summed E-state index contributed by atoms with van der Waals surface area (Å²) in [6, 6.07) is 9.44. The van der Waals surface area contributed by atoms with Crippen molar-refractivity contribution in [3.05, 3.63) is 41.7 Å². The maximum Gasteiger partial charge on any atom is 0.240 e. The number of aliphatic hydroxyl groups is 1. The van der Waals surface area contributed by atoms with Crippen LogP contribution in [0, 0.1) is 0 Å². The van der Waals surface area contributed by atoms with Crippen molar-refractivity contribution in [2.75, 3.05) is 45.5 Å². The van der Waals surface area contributed by atoms with Crippen molar-refractivity contribution in [2.24, 2.45) is 0 Å². The number of nitrogens with one attached hydrogen (secondary N) is 1. The summed E-state index contributed by atoms with van der Waals surface area (Å²) in [4.78, 5) is 9.22. The summed E-state index contributed by atoms with van der Waals surface area (Å²) in [6.07, 6.45) is 0.396. The van der Waals surface area contributed by atoms with E-state index in [2.05, 4.69) is 15.4 Å². The number of benzene rings is 2. The molecule has 10 nitrogen and oxygen atoms in total. The molecule has 0 atom stereocenters. The SMILES string of the molecule is COc1ccc(Cc2nc3cc(NCCO)ccc3c3nc(N)nn23)c(OC)c1OC. The van der Waals surface area contributed by atoms with Gasteiger partial charge in [-0.1, -0.05) is 6.07 Å². The lowest BCUT2D eigenvalue weighted by Gasteiger charge is -2.16. The first-order chi connectivity index (χ1) is 15.1. The van der Waals surface area contributed by atoms with Crippen molar-refractivity contribution >= 4 is 28.2 Å². The Labute approximate surface area is 178 Å². The zero-order valence-electron chi connectivity index (χ0n) is 17.5. The summed E-state index contributed by atoms with van der Waals surface area (Å²) < 4.78 is 18.1. The number of aromatic nitrogens is 4. The second-order valence-corrected chi connectivity index (χ2v) is 6.79. The van der Waals surface area contributed by atoms with Gasteiger partial charge in [0, 0.05) is 29.6 Å². The lowest BCUT2D eigenvalue weighted by molar-refractivity contribution is 0.311. The van der Waals surface area contributed by atoms with Gasteiger partial charge in [0.05, 0.1) is 33.5 Å². The molecule has 10 heteroatoms. The Hall–Kier alpha value is -3.79. The molecule has 0 amide bonds. The number of methoxy groups -OCH3 is 3. The molecule has 0 fully saturated rings. The number of nitrogen functional groups attached to an aromatic ring is 1. The number of ether oxygens (including phenoxy) is 3. The maximum atomic E-state index is 9.08. The highest BCUT2D eigenvalue weighted by Crippen LogP contribution is 2.40. The Morgan fingerprint density at radius 1 is 1.03 bits per heavy atom. The number of hydrogen-bond acceptors (Lipinski definition) is 9. The number of hydrogen-bond donors (Lipinski definition) is 3. The molecular formula is C21H24N6O4. The van der Waals surface area contributed by atoms with Crippen LogP contribution in [-0.4, -0.2) is 59.2 Å². The van der Waals surface area contributed by atoms with E-state index >= 15 is 0 Å². The van der Waals surface area contributed by atoms with Gasteiger partial charge < -0.3 is 30.4 Å². The van der Waals surface area contributed by atoms with Gasteiger partial charge in [-0.15, -0.1) is 5.10 Å². The number of fused-ring (bicyclic) bond motifs is 3. The minimum Gasteiger partial charge on any atom is -0.493 e. The van der Waals surface area contributed by atoms with Gasteiger partial charge in [-0.2, -0.15) is 9.50 Å². The summed E-state index contributed by atoms with van der Waals surface area (Å²) in [5.74, 6) is 2.44. The van der Waals surface area contributed by atoms with Crippen LogP contribution in [0.4, 0.5) is 11.6 Å². The zero-order chi connectivity index (χ0) is 22.0. The molecule has 31 heavy (non-hydrogen) atoms. The average Bonchev–Trinajstić information content (AvgIpc) is 3.18. The van der Waals surface area contributed by atoms with Crippen LogP contribution in [0.5, 0.6) is 17.2 Å². The number of nitrogens with two attached hydrogens (primary N) is 1. The monoisotopic (exact) mass is 424 g/mol. The highest BCUT2D eigenvalue weighted by atomic mass is 16.5. The van der Waals surface area contributed by atoms with Crippen LogP contribution in [0.2, 0.25) is 0 Å². The van der Waals surface area contributed by atoms with Crippen LogP contribution in [0.25, 0.3) is 16.6 Å². The third-order valence-corrected chi connectivity index (χ3v) is 4.93. The Kier molecular flexibility index (Phi) is 5.63. The van der Waals surface area contributed by atoms with Crippen molar-refractivity contribution in [1.82, 2.24) is 19.6 Å². The highest BCUT2D eigenvalue weighted by molar-refractivity contribution is 5.93. The molecule has 4 aromatic rings. The van der Waals surface area contributed by atoms with E-state index in [1.807, 2.05) is 30.3 Å². The van der Waals surface area contributed by atoms with Crippen LogP contribution < -0.4 is 25.3 Å². The molecule has 2 aromatic heterocycles. The summed E-state index contributed by atoms with van der Waals surface area (Å²) >= 11 is 0. The highest BCUT2D eigenvalue weighted by Gasteiger charge is 2.19. The van der Waals surface area contributed by atoms with Gasteiger partial charge in [0.25, 0.3) is 0 Å². The van der Waals surface area contributed by atoms with Gasteiger partial charge >= 0.3 is 0 Å². The first-order valence-corrected chi connectivity index (χ1v) is 9.67. The van der Waals surface area contributed by atoms with E-state index in [1.165, 1.54) is 0 Å². The van der Waals surface area contributed by atoms with Crippen molar-refractivity contribution < 1.29 is 19.3 Å². The Bertz CT molecular complexity index is 1240. The number of nitrogens with zero attached hydrogens (tertiary/aromatic N) is 4. The van der Waals surface area contributed by atoms with E-state index < -0.39 is 0 Å². The molecule has 2 heterocycles. The topological polar surface area (TPSA) is 129 Å². The van der Waals surface area contributed by atoms with Crippen molar-refractivity contribution in [3.8, 4) is 17.2 Å². The van der Waals surface area contributed by atoms with Crippen LogP contribution in [-0.2, 0) is 6.42 Å². The molecule has 0 unspecified atom stereocenters. The standard InChI is InChI=1S/C21H24N6O4/c1-29-16-7-4-12(18(30-2)19(16)31-3)10-17-24-15-11-13(23-8-9-28)5-6-14(15)20-25-21(22)26-27(17)20/h4-7,11,23,28H,8-10H2,1-3H3,(H2,22,26). The predicted molar refractivity (Wildman–Crippen MR) is 117 cm³/mol. The molecule has 4 N–H and O–H groups in total. The molecule has 0 aliphatic rings. The van der Waals surface area contributed by atoms with E-state index in [9.17, 15) is 0 Å². The lowest BCUT2D eigenvalue weighted by atomic mass is 10.1. The number of aliphatic hydroxyl groups excluding tert-OH is 1. The van der Waals surface area contributed by atoms with E-state index in [0.29, 0.717) is 41.7 Å². The van der Waals surface area contributed by atoms with Gasteiger partial charge in [-0.3, -0.25) is 0 Å². The fourth-order valence-corrected chi connectivity index (χ4v) is 3.58. The molecule has 0 saturated carbocycles. The molecule has 0 aliphatic heterocycles. The van der Waals surface area contributed by atoms with Crippen molar-refractivity contribution in [3.63, 3.8) is 0 Å². The second-order valence-electron chi connectivity index (χ2n) is 6.79. The van der Waals surface area contributed by atoms with Crippen LogP contribution >= 0.6 is 0 Å². The molecule has 2 aromatic carbocycles. The third-order valence-electron chi connectivity index (χ3n) is 4.93. The van der Waals surface area contributed by atoms with Crippen molar-refractivity contribution in [2.45, 2.75) is 6.42 Å². The largest absolute Gasteiger partial charge is 0.493 e. The Morgan fingerprint density at radius 2 is 1.84 bits per heavy atom. The van der Waals surface area contributed by atoms with E-state index in [4.69, 9.17) is 30.0 Å². The third kappa shape index (κ3) is 3.73. The Morgan fingerprint density at radius 3 is 2.55 bits per heavy atom. The zero-order valence-corrected chi connectivity index (χ0v) is 17.5. The smallest absolute Gasteiger partial charge is 0.240 e. The van der Waals surface area contributed by atoms with E-state index in [1.54, 1.807) is 25.8 Å². The summed E-state index contributed by atoms with van der Waals surface area (Å²) in [5, 5.41) is 17.4. The molecule has 0 saturated heterocycles. The molecule has 0 aliphatic carbocycles. The van der Waals surface area contributed by atoms with Gasteiger partial charge in [0.1, 0.15) is 5.82 Å². The normalized spacial score (nSPS) is 11.1. The summed E-state index contributed by atoms with van der Waals surface area (Å²) in [6.45, 7) is 0.483. The summed E-state index contributed by atoms with van der Waals surface area (Å²) in [5.41, 5.74) is 8.95. The molecule has 4 rings (SSSR count). The van der Waals surface area contributed by atoms with Gasteiger partial charge in [-0.05, 0) is 24.3 Å². The van der Waals surface area contributed by atoms with Gasteiger partial charge in [0.15, 0.2) is 17.1 Å². The first-order valence-electron chi connectivity index (χ1n) is 9.67. The fourth-order valence-electron chi connectivity index (χ4n) is 3.58. The Balaban J connectivity index is 1.86. The minimum absolute atomic E-state index is 0.0373. The maximum absolute atomic E-state index is 9.08. The van der Waals surface area contributed by atoms with Crippen LogP contribution in [0.3, 0.4) is 0 Å². The average molecular weight is 424 g/mol. The number of anilines is 2. The molecule has 0 radical (unpaired) electrons. The quantitative estimate of drug-likeness (QED) is 0.388. The first kappa shape index (κ1) is 20.5. The van der Waals surface area contributed by atoms with Crippen molar-refractivity contribution in [1.29, 1.82) is 0 Å². The molecule has 162 valence electrons. The van der Waals surface area contributed by atoms with Gasteiger partial charge in [-0.25, -0.2) is 4.98 Å². The number of rotatable bonds is 8. The fraction of sp³-hybridized carbons (Fsp3) is 0.286. The molecule has 0 bridgehead atoms. The lowest BCUT2D eigenvalue weighted by Crippen LogP contribution is -2.08. The van der Waals surface area contributed by atoms with E-state index in [-0.39, 0.29) is 12.6 Å². The second kappa shape index (κ2) is 8.52. The predicted octanol–water partition coefficient (Wildman–Crippen LogP) is 1.88. The summed E-state index contributed by atoms with van der Waals surface area (Å²) in [7, 11) is 4.72. The molecule has 0 spiro atoms. The van der Waals surface area contributed by atoms with Crippen LogP contribution in [0.1, 0.15) is 11.4 Å². The molecular weight excluding hydrogens is 400 g/mol. The minimum atomic E-state index is 0.0373. The van der Waals surface area contributed by atoms with E-state index in [0.717, 1.165) is 22.2 Å².